The fourth-order valence-electron chi connectivity index (χ4n) is 1.94. The molecule has 0 bridgehead atoms. The molecule has 110 valence electrons. The van der Waals surface area contributed by atoms with Gasteiger partial charge in [0.25, 0.3) is 5.91 Å². The molecule has 1 amide bonds. The number of halogens is 2. The van der Waals surface area contributed by atoms with Gasteiger partial charge in [-0.25, -0.2) is 8.78 Å². The standard InChI is InChI=1S/C16H11F2N3O/c17-11-3-1-10(2-4-11)14-9-15(21-20-14)16(22)19-13-7-5-12(18)6-8-13/h1-9H,(H,19,22)(H,20,21). The van der Waals surface area contributed by atoms with Crippen LogP contribution in [0.1, 0.15) is 10.5 Å². The Hall–Kier alpha value is -3.02. The van der Waals surface area contributed by atoms with E-state index in [4.69, 9.17) is 0 Å². The topological polar surface area (TPSA) is 57.8 Å². The molecule has 0 unspecified atom stereocenters. The fourth-order valence-corrected chi connectivity index (χ4v) is 1.94. The number of nitrogens with zero attached hydrogens (tertiary/aromatic N) is 1. The van der Waals surface area contributed by atoms with Crippen LogP contribution in [0, 0.1) is 11.6 Å². The minimum atomic E-state index is -0.396. The summed E-state index contributed by atoms with van der Waals surface area (Å²) in [5.41, 5.74) is 1.95. The molecule has 22 heavy (non-hydrogen) atoms. The highest BCUT2D eigenvalue weighted by Crippen LogP contribution is 2.18. The number of benzene rings is 2. The number of carbonyl (C=O) groups is 1. The first-order chi connectivity index (χ1) is 10.6. The summed E-state index contributed by atoms with van der Waals surface area (Å²) in [5.74, 6) is -1.11. The van der Waals surface area contributed by atoms with E-state index in [1.807, 2.05) is 0 Å². The van der Waals surface area contributed by atoms with E-state index in [9.17, 15) is 13.6 Å². The predicted octanol–water partition coefficient (Wildman–Crippen LogP) is 3.61. The third-order valence-corrected chi connectivity index (χ3v) is 3.06. The quantitative estimate of drug-likeness (QED) is 0.776. The van der Waals surface area contributed by atoms with Crippen LogP contribution >= 0.6 is 0 Å². The predicted molar refractivity (Wildman–Crippen MR) is 78.3 cm³/mol. The molecule has 0 aliphatic rings. The van der Waals surface area contributed by atoms with Crippen LogP contribution < -0.4 is 5.32 Å². The summed E-state index contributed by atoms with van der Waals surface area (Å²) < 4.78 is 25.7. The van der Waals surface area contributed by atoms with E-state index in [0.717, 1.165) is 0 Å². The molecular weight excluding hydrogens is 288 g/mol. The van der Waals surface area contributed by atoms with Crippen molar-refractivity contribution < 1.29 is 13.6 Å². The lowest BCUT2D eigenvalue weighted by Crippen LogP contribution is -2.12. The normalized spacial score (nSPS) is 10.5. The summed E-state index contributed by atoms with van der Waals surface area (Å²) in [6, 6.07) is 12.8. The Morgan fingerprint density at radius 1 is 0.955 bits per heavy atom. The van der Waals surface area contributed by atoms with Crippen LogP contribution in [-0.4, -0.2) is 16.1 Å². The van der Waals surface area contributed by atoms with Gasteiger partial charge in [-0.2, -0.15) is 5.10 Å². The minimum Gasteiger partial charge on any atom is -0.321 e. The van der Waals surface area contributed by atoms with Crippen molar-refractivity contribution in [2.75, 3.05) is 5.32 Å². The van der Waals surface area contributed by atoms with Crippen molar-refractivity contribution in [2.45, 2.75) is 0 Å². The second-order valence-electron chi connectivity index (χ2n) is 4.63. The monoisotopic (exact) mass is 299 g/mol. The molecule has 1 aromatic heterocycles. The lowest BCUT2D eigenvalue weighted by Gasteiger charge is -2.02. The van der Waals surface area contributed by atoms with Gasteiger partial charge in [-0.3, -0.25) is 9.89 Å². The average Bonchev–Trinajstić information content (AvgIpc) is 3.00. The van der Waals surface area contributed by atoms with Crippen molar-refractivity contribution in [1.82, 2.24) is 10.2 Å². The Balaban J connectivity index is 1.76. The molecule has 0 aliphatic carbocycles. The van der Waals surface area contributed by atoms with E-state index >= 15 is 0 Å². The number of rotatable bonds is 3. The van der Waals surface area contributed by atoms with Crippen LogP contribution in [0.25, 0.3) is 11.3 Å². The first kappa shape index (κ1) is 13.9. The molecule has 0 saturated heterocycles. The maximum absolute atomic E-state index is 12.9. The van der Waals surface area contributed by atoms with Crippen LogP contribution in [0.5, 0.6) is 0 Å². The van der Waals surface area contributed by atoms with E-state index in [2.05, 4.69) is 15.5 Å². The van der Waals surface area contributed by atoms with Gasteiger partial charge in [0.1, 0.15) is 17.3 Å². The average molecular weight is 299 g/mol. The molecule has 3 rings (SSSR count). The Bertz CT molecular complexity index is 795. The van der Waals surface area contributed by atoms with Crippen molar-refractivity contribution in [3.8, 4) is 11.3 Å². The molecular formula is C16H11F2N3O. The van der Waals surface area contributed by atoms with Gasteiger partial charge >= 0.3 is 0 Å². The van der Waals surface area contributed by atoms with E-state index in [1.165, 1.54) is 36.4 Å². The van der Waals surface area contributed by atoms with Gasteiger partial charge in [-0.05, 0) is 54.6 Å². The van der Waals surface area contributed by atoms with Crippen LogP contribution in [0.2, 0.25) is 0 Å². The first-order valence-corrected chi connectivity index (χ1v) is 6.50. The van der Waals surface area contributed by atoms with E-state index in [0.29, 0.717) is 16.9 Å². The molecule has 6 heteroatoms. The van der Waals surface area contributed by atoms with Gasteiger partial charge in [0.05, 0.1) is 5.69 Å². The molecule has 1 heterocycles. The van der Waals surface area contributed by atoms with Crippen molar-refractivity contribution in [1.29, 1.82) is 0 Å². The van der Waals surface area contributed by atoms with Crippen molar-refractivity contribution >= 4 is 11.6 Å². The zero-order valence-corrected chi connectivity index (χ0v) is 11.3. The number of nitrogens with one attached hydrogen (secondary N) is 2. The smallest absolute Gasteiger partial charge is 0.273 e. The molecule has 4 nitrogen and oxygen atoms in total. The highest BCUT2D eigenvalue weighted by molar-refractivity contribution is 6.03. The molecule has 0 atom stereocenters. The molecule has 2 aromatic carbocycles. The maximum Gasteiger partial charge on any atom is 0.273 e. The van der Waals surface area contributed by atoms with Crippen LogP contribution in [0.4, 0.5) is 14.5 Å². The highest BCUT2D eigenvalue weighted by Gasteiger charge is 2.11. The number of carbonyl (C=O) groups excluding carboxylic acids is 1. The largest absolute Gasteiger partial charge is 0.321 e. The zero-order chi connectivity index (χ0) is 15.5. The van der Waals surface area contributed by atoms with Gasteiger partial charge in [0.2, 0.25) is 0 Å². The summed E-state index contributed by atoms with van der Waals surface area (Å²) >= 11 is 0. The highest BCUT2D eigenvalue weighted by atomic mass is 19.1. The van der Waals surface area contributed by atoms with Gasteiger partial charge in [-0.15, -0.1) is 0 Å². The number of hydrogen-bond donors (Lipinski definition) is 2. The molecule has 2 N–H and O–H groups in total. The second kappa shape index (κ2) is 5.77. The van der Waals surface area contributed by atoms with E-state index in [1.54, 1.807) is 18.2 Å². The number of aromatic nitrogens is 2. The summed E-state index contributed by atoms with van der Waals surface area (Å²) in [5, 5.41) is 9.27. The maximum atomic E-state index is 12.9. The third kappa shape index (κ3) is 3.01. The molecule has 0 fully saturated rings. The first-order valence-electron chi connectivity index (χ1n) is 6.50. The number of anilines is 1. The van der Waals surface area contributed by atoms with Gasteiger partial charge in [-0.1, -0.05) is 0 Å². The van der Waals surface area contributed by atoms with Gasteiger partial charge in [0, 0.05) is 11.3 Å². The molecule has 0 radical (unpaired) electrons. The minimum absolute atomic E-state index is 0.253. The van der Waals surface area contributed by atoms with Crippen LogP contribution in [-0.2, 0) is 0 Å². The molecule has 0 spiro atoms. The lowest BCUT2D eigenvalue weighted by molar-refractivity contribution is 0.102. The van der Waals surface area contributed by atoms with Crippen LogP contribution in [0.15, 0.2) is 54.6 Å². The summed E-state index contributed by atoms with van der Waals surface area (Å²) in [6.07, 6.45) is 0. The fraction of sp³-hybridized carbons (Fsp3) is 0. The van der Waals surface area contributed by atoms with Gasteiger partial charge < -0.3 is 5.32 Å². The van der Waals surface area contributed by atoms with E-state index in [-0.39, 0.29) is 17.3 Å². The summed E-state index contributed by atoms with van der Waals surface area (Å²) in [7, 11) is 0. The lowest BCUT2D eigenvalue weighted by atomic mass is 10.1. The Morgan fingerprint density at radius 2 is 1.55 bits per heavy atom. The van der Waals surface area contributed by atoms with Crippen molar-refractivity contribution in [3.63, 3.8) is 0 Å². The Kier molecular flexibility index (Phi) is 3.65. The molecule has 0 aliphatic heterocycles. The number of amides is 1. The number of H-pyrrole nitrogens is 1. The molecule has 0 saturated carbocycles. The van der Waals surface area contributed by atoms with Crippen LogP contribution in [0.3, 0.4) is 0 Å². The van der Waals surface area contributed by atoms with E-state index < -0.39 is 5.91 Å². The summed E-state index contributed by atoms with van der Waals surface area (Å²) in [6.45, 7) is 0. The third-order valence-electron chi connectivity index (χ3n) is 3.06. The summed E-state index contributed by atoms with van der Waals surface area (Å²) in [4.78, 5) is 12.1. The van der Waals surface area contributed by atoms with Crippen molar-refractivity contribution in [2.24, 2.45) is 0 Å². The molecule has 3 aromatic rings. The number of aromatic amines is 1. The van der Waals surface area contributed by atoms with Gasteiger partial charge in [0.15, 0.2) is 0 Å². The Morgan fingerprint density at radius 3 is 2.18 bits per heavy atom. The Labute approximate surface area is 124 Å². The second-order valence-corrected chi connectivity index (χ2v) is 4.63. The SMILES string of the molecule is O=C(Nc1ccc(F)cc1)c1cc(-c2ccc(F)cc2)n[nH]1. The van der Waals surface area contributed by atoms with Crippen molar-refractivity contribution in [3.05, 3.63) is 71.9 Å². The zero-order valence-electron chi connectivity index (χ0n) is 11.3. The number of hydrogen-bond acceptors (Lipinski definition) is 2.